The van der Waals surface area contributed by atoms with Gasteiger partial charge in [0.15, 0.2) is 11.5 Å². The number of hydrogen-bond acceptors (Lipinski definition) is 3. The molecule has 0 aromatic heterocycles. The fourth-order valence-electron chi connectivity index (χ4n) is 2.62. The lowest BCUT2D eigenvalue weighted by molar-refractivity contribution is -0.139. The number of rotatable bonds is 3. The van der Waals surface area contributed by atoms with Crippen LogP contribution < -0.4 is 4.74 Å². The molecule has 2 atom stereocenters. The second kappa shape index (κ2) is 3.65. The summed E-state index contributed by atoms with van der Waals surface area (Å²) in [7, 11) is 1.48. The van der Waals surface area contributed by atoms with Gasteiger partial charge in [0.05, 0.1) is 13.0 Å². The molecule has 1 fully saturated rings. The van der Waals surface area contributed by atoms with Gasteiger partial charge in [-0.15, -0.1) is 0 Å². The van der Waals surface area contributed by atoms with E-state index in [0.29, 0.717) is 5.75 Å². The number of methoxy groups -OCH3 is 1. The van der Waals surface area contributed by atoms with Crippen LogP contribution in [0.5, 0.6) is 11.5 Å². The molecular formula is C13H16O4. The summed E-state index contributed by atoms with van der Waals surface area (Å²) >= 11 is 0. The quantitative estimate of drug-likeness (QED) is 0.844. The Labute approximate surface area is 99.8 Å². The summed E-state index contributed by atoms with van der Waals surface area (Å²) in [4.78, 5) is 11.1. The van der Waals surface area contributed by atoms with E-state index in [2.05, 4.69) is 0 Å². The van der Waals surface area contributed by atoms with Crippen molar-refractivity contribution in [2.45, 2.75) is 19.8 Å². The summed E-state index contributed by atoms with van der Waals surface area (Å²) in [5.74, 6) is -0.752. The molecule has 1 aliphatic rings. The predicted molar refractivity (Wildman–Crippen MR) is 62.3 cm³/mol. The average molecular weight is 236 g/mol. The maximum atomic E-state index is 11.1. The number of ether oxygens (including phenoxy) is 1. The van der Waals surface area contributed by atoms with Gasteiger partial charge in [-0.25, -0.2) is 0 Å². The molecule has 0 heterocycles. The number of aromatic hydroxyl groups is 1. The molecule has 0 radical (unpaired) electrons. The Bertz CT molecular complexity index is 464. The Morgan fingerprint density at radius 2 is 2.06 bits per heavy atom. The molecule has 2 N–H and O–H groups in total. The molecule has 0 amide bonds. The Kier molecular flexibility index (Phi) is 2.53. The molecule has 1 aromatic rings. The smallest absolute Gasteiger partial charge is 0.307 e. The third kappa shape index (κ3) is 1.73. The summed E-state index contributed by atoms with van der Waals surface area (Å²) < 4.78 is 4.96. The van der Waals surface area contributed by atoms with Gasteiger partial charge in [0.25, 0.3) is 0 Å². The van der Waals surface area contributed by atoms with Crippen molar-refractivity contribution in [1.29, 1.82) is 0 Å². The van der Waals surface area contributed by atoms with Crippen molar-refractivity contribution < 1.29 is 19.7 Å². The zero-order valence-electron chi connectivity index (χ0n) is 10.1. The first kappa shape index (κ1) is 11.8. The molecular weight excluding hydrogens is 220 g/mol. The minimum Gasteiger partial charge on any atom is -0.504 e. The average Bonchev–Trinajstić information content (AvgIpc) is 2.81. The molecule has 0 saturated heterocycles. The second-order valence-electron chi connectivity index (χ2n) is 5.05. The second-order valence-corrected chi connectivity index (χ2v) is 5.05. The van der Waals surface area contributed by atoms with Crippen LogP contribution in [0.15, 0.2) is 18.2 Å². The molecule has 1 saturated carbocycles. The van der Waals surface area contributed by atoms with E-state index in [-0.39, 0.29) is 23.0 Å². The van der Waals surface area contributed by atoms with E-state index in [0.717, 1.165) is 5.56 Å². The van der Waals surface area contributed by atoms with Crippen LogP contribution >= 0.6 is 0 Å². The van der Waals surface area contributed by atoms with Crippen LogP contribution in [0.4, 0.5) is 0 Å². The highest BCUT2D eigenvalue weighted by Gasteiger charge is 2.62. The fraction of sp³-hybridized carbons (Fsp3) is 0.462. The Morgan fingerprint density at radius 3 is 2.47 bits per heavy atom. The SMILES string of the molecule is COc1ccc(C2C(C(=O)O)C2(C)C)cc1O. The van der Waals surface area contributed by atoms with Crippen LogP contribution in [0, 0.1) is 11.3 Å². The number of hydrogen-bond donors (Lipinski definition) is 2. The summed E-state index contributed by atoms with van der Waals surface area (Å²) in [5.41, 5.74) is 0.591. The van der Waals surface area contributed by atoms with Gasteiger partial charge in [-0.1, -0.05) is 19.9 Å². The molecule has 1 aliphatic carbocycles. The van der Waals surface area contributed by atoms with Gasteiger partial charge in [-0.05, 0) is 23.1 Å². The van der Waals surface area contributed by atoms with Gasteiger partial charge in [0.1, 0.15) is 0 Å². The highest BCUT2D eigenvalue weighted by Crippen LogP contribution is 2.64. The maximum absolute atomic E-state index is 11.1. The highest BCUT2D eigenvalue weighted by molar-refractivity contribution is 5.77. The van der Waals surface area contributed by atoms with E-state index in [1.807, 2.05) is 19.9 Å². The summed E-state index contributed by atoms with van der Waals surface area (Å²) in [5, 5.41) is 18.8. The zero-order chi connectivity index (χ0) is 12.8. The van der Waals surface area contributed by atoms with E-state index < -0.39 is 5.97 Å². The standard InChI is InChI=1S/C13H16O4/c1-13(2)10(11(13)12(15)16)7-4-5-9(17-3)8(14)6-7/h4-6,10-11,14H,1-3H3,(H,15,16). The largest absolute Gasteiger partial charge is 0.504 e. The zero-order valence-corrected chi connectivity index (χ0v) is 10.1. The van der Waals surface area contributed by atoms with Gasteiger partial charge in [-0.2, -0.15) is 0 Å². The minimum atomic E-state index is -0.782. The Balaban J connectivity index is 2.31. The third-order valence-corrected chi connectivity index (χ3v) is 3.66. The maximum Gasteiger partial charge on any atom is 0.307 e. The normalized spacial score (nSPS) is 25.4. The lowest BCUT2D eigenvalue weighted by Crippen LogP contribution is -2.03. The summed E-state index contributed by atoms with van der Waals surface area (Å²) in [6, 6.07) is 5.07. The van der Waals surface area contributed by atoms with Crippen LogP contribution in [0.3, 0.4) is 0 Å². The fourth-order valence-corrected chi connectivity index (χ4v) is 2.62. The molecule has 92 valence electrons. The molecule has 4 nitrogen and oxygen atoms in total. The van der Waals surface area contributed by atoms with Gasteiger partial charge in [0, 0.05) is 5.92 Å². The van der Waals surface area contributed by atoms with E-state index in [1.54, 1.807) is 12.1 Å². The topological polar surface area (TPSA) is 66.8 Å². The van der Waals surface area contributed by atoms with Crippen LogP contribution in [-0.2, 0) is 4.79 Å². The summed E-state index contributed by atoms with van der Waals surface area (Å²) in [6.45, 7) is 3.86. The van der Waals surface area contributed by atoms with Gasteiger partial charge < -0.3 is 14.9 Å². The summed E-state index contributed by atoms with van der Waals surface area (Å²) in [6.07, 6.45) is 0. The van der Waals surface area contributed by atoms with Crippen LogP contribution in [-0.4, -0.2) is 23.3 Å². The first-order valence-corrected chi connectivity index (χ1v) is 5.49. The first-order valence-electron chi connectivity index (χ1n) is 5.49. The molecule has 17 heavy (non-hydrogen) atoms. The van der Waals surface area contributed by atoms with Gasteiger partial charge in [-0.3, -0.25) is 4.79 Å². The monoisotopic (exact) mass is 236 g/mol. The van der Waals surface area contributed by atoms with Crippen molar-refractivity contribution in [3.63, 3.8) is 0 Å². The Morgan fingerprint density at radius 1 is 1.41 bits per heavy atom. The number of carboxylic acids is 1. The van der Waals surface area contributed by atoms with Crippen molar-refractivity contribution in [2.75, 3.05) is 7.11 Å². The number of carboxylic acid groups (broad SMARTS) is 1. The minimum absolute atomic E-state index is 0.0446. The predicted octanol–water partition coefficient (Wildman–Crippen LogP) is 2.23. The molecule has 0 bridgehead atoms. The Hall–Kier alpha value is -1.71. The molecule has 0 aliphatic heterocycles. The first-order chi connectivity index (χ1) is 7.89. The van der Waals surface area contributed by atoms with Crippen LogP contribution in [0.1, 0.15) is 25.3 Å². The van der Waals surface area contributed by atoms with Crippen LogP contribution in [0.25, 0.3) is 0 Å². The molecule has 2 rings (SSSR count). The van der Waals surface area contributed by atoms with Crippen molar-refractivity contribution in [3.05, 3.63) is 23.8 Å². The van der Waals surface area contributed by atoms with Crippen molar-refractivity contribution in [3.8, 4) is 11.5 Å². The van der Waals surface area contributed by atoms with Crippen molar-refractivity contribution in [2.24, 2.45) is 11.3 Å². The van der Waals surface area contributed by atoms with E-state index in [4.69, 9.17) is 9.84 Å². The van der Waals surface area contributed by atoms with Gasteiger partial charge in [0.2, 0.25) is 0 Å². The van der Waals surface area contributed by atoms with E-state index in [1.165, 1.54) is 7.11 Å². The molecule has 0 spiro atoms. The van der Waals surface area contributed by atoms with Crippen molar-refractivity contribution >= 4 is 5.97 Å². The van der Waals surface area contributed by atoms with E-state index >= 15 is 0 Å². The number of aliphatic carboxylic acids is 1. The third-order valence-electron chi connectivity index (χ3n) is 3.66. The van der Waals surface area contributed by atoms with Crippen LogP contribution in [0.2, 0.25) is 0 Å². The number of benzene rings is 1. The van der Waals surface area contributed by atoms with Gasteiger partial charge >= 0.3 is 5.97 Å². The van der Waals surface area contributed by atoms with E-state index in [9.17, 15) is 9.90 Å². The molecule has 2 unspecified atom stereocenters. The number of phenolic OH excluding ortho intramolecular Hbond substituents is 1. The molecule has 1 aromatic carbocycles. The number of phenols is 1. The molecule has 4 heteroatoms. The lowest BCUT2D eigenvalue weighted by atomic mass is 10.0. The lowest BCUT2D eigenvalue weighted by Gasteiger charge is -2.07. The van der Waals surface area contributed by atoms with Crippen molar-refractivity contribution in [1.82, 2.24) is 0 Å². The highest BCUT2D eigenvalue weighted by atomic mass is 16.5. The number of carbonyl (C=O) groups is 1.